The van der Waals surface area contributed by atoms with Crippen molar-refractivity contribution in [3.8, 4) is 0 Å². The maximum absolute atomic E-state index is 4.54. The molecule has 0 spiro atoms. The topological polar surface area (TPSA) is 37.8 Å². The van der Waals surface area contributed by atoms with Gasteiger partial charge in [0, 0.05) is 18.8 Å². The van der Waals surface area contributed by atoms with Crippen LogP contribution in [-0.4, -0.2) is 28.5 Å². The van der Waals surface area contributed by atoms with E-state index in [9.17, 15) is 0 Å². The molecule has 0 atom stereocenters. The average molecular weight is 233 g/mol. The van der Waals surface area contributed by atoms with Crippen molar-refractivity contribution in [2.24, 2.45) is 0 Å². The van der Waals surface area contributed by atoms with E-state index in [0.717, 1.165) is 35.6 Å². The maximum atomic E-state index is 4.54. The summed E-state index contributed by atoms with van der Waals surface area (Å²) in [6.07, 6.45) is 3.95. The minimum Gasteiger partial charge on any atom is -0.310 e. The number of para-hydroxylation sites is 2. The van der Waals surface area contributed by atoms with Crippen molar-refractivity contribution < 1.29 is 0 Å². The Morgan fingerprint density at radius 3 is 2.88 bits per heavy atom. The van der Waals surface area contributed by atoms with Gasteiger partial charge in [-0.25, -0.2) is 4.98 Å². The Morgan fingerprint density at radius 2 is 2.06 bits per heavy atom. The molecule has 0 aliphatic carbocycles. The van der Waals surface area contributed by atoms with Gasteiger partial charge < -0.3 is 5.32 Å². The van der Waals surface area contributed by atoms with Crippen molar-refractivity contribution >= 4 is 22.8 Å². The first-order valence-corrected chi connectivity index (χ1v) is 6.70. The number of hydrogen-bond acceptors (Lipinski definition) is 4. The highest BCUT2D eigenvalue weighted by Crippen LogP contribution is 2.08. The van der Waals surface area contributed by atoms with E-state index >= 15 is 0 Å². The van der Waals surface area contributed by atoms with Gasteiger partial charge in [0.1, 0.15) is 0 Å². The van der Waals surface area contributed by atoms with Gasteiger partial charge in [0.05, 0.1) is 22.9 Å². The van der Waals surface area contributed by atoms with Crippen LogP contribution in [0.4, 0.5) is 0 Å². The molecular formula is C12H15N3S. The normalized spacial score (nSPS) is 10.8. The smallest absolute Gasteiger partial charge is 0.0890 e. The van der Waals surface area contributed by atoms with E-state index in [1.54, 1.807) is 0 Å². The Bertz CT molecular complexity index is 459. The minimum atomic E-state index is 0.790. The minimum absolute atomic E-state index is 0.790. The zero-order chi connectivity index (χ0) is 11.2. The lowest BCUT2D eigenvalue weighted by Gasteiger charge is -2.03. The molecular weight excluding hydrogens is 218 g/mol. The quantitative estimate of drug-likeness (QED) is 0.802. The van der Waals surface area contributed by atoms with E-state index in [1.165, 1.54) is 0 Å². The van der Waals surface area contributed by atoms with Gasteiger partial charge in [-0.1, -0.05) is 12.1 Å². The summed E-state index contributed by atoms with van der Waals surface area (Å²) in [5.74, 6) is 1.13. The van der Waals surface area contributed by atoms with Crippen LogP contribution < -0.4 is 5.32 Å². The molecule has 0 aliphatic rings. The summed E-state index contributed by atoms with van der Waals surface area (Å²) in [4.78, 5) is 8.91. The zero-order valence-corrected chi connectivity index (χ0v) is 10.1. The fourth-order valence-corrected chi connectivity index (χ4v) is 1.82. The zero-order valence-electron chi connectivity index (χ0n) is 9.31. The second kappa shape index (κ2) is 5.82. The predicted molar refractivity (Wildman–Crippen MR) is 69.6 cm³/mol. The molecule has 0 saturated carbocycles. The van der Waals surface area contributed by atoms with Crippen molar-refractivity contribution in [3.63, 3.8) is 0 Å². The number of nitrogens with zero attached hydrogens (tertiary/aromatic N) is 2. The van der Waals surface area contributed by atoms with E-state index in [-0.39, 0.29) is 0 Å². The molecule has 3 nitrogen and oxygen atoms in total. The summed E-state index contributed by atoms with van der Waals surface area (Å²) in [6, 6.07) is 7.94. The van der Waals surface area contributed by atoms with Crippen LogP contribution in [0.15, 0.2) is 30.5 Å². The molecule has 0 bridgehead atoms. The summed E-state index contributed by atoms with van der Waals surface area (Å²) in [5.41, 5.74) is 2.92. The highest BCUT2D eigenvalue weighted by molar-refractivity contribution is 7.98. The van der Waals surface area contributed by atoms with E-state index in [2.05, 4.69) is 21.5 Å². The molecule has 1 heterocycles. The first-order valence-electron chi connectivity index (χ1n) is 5.30. The van der Waals surface area contributed by atoms with Crippen molar-refractivity contribution in [2.45, 2.75) is 6.54 Å². The van der Waals surface area contributed by atoms with Crippen LogP contribution >= 0.6 is 11.8 Å². The first kappa shape index (κ1) is 11.4. The summed E-state index contributed by atoms with van der Waals surface area (Å²) in [5, 5.41) is 3.34. The van der Waals surface area contributed by atoms with Crippen molar-refractivity contribution in [1.29, 1.82) is 0 Å². The summed E-state index contributed by atoms with van der Waals surface area (Å²) in [7, 11) is 0. The van der Waals surface area contributed by atoms with Crippen LogP contribution in [0.5, 0.6) is 0 Å². The summed E-state index contributed by atoms with van der Waals surface area (Å²) in [6.45, 7) is 1.80. The van der Waals surface area contributed by atoms with E-state index < -0.39 is 0 Å². The summed E-state index contributed by atoms with van der Waals surface area (Å²) >= 11 is 1.84. The third kappa shape index (κ3) is 2.93. The highest BCUT2D eigenvalue weighted by atomic mass is 32.2. The van der Waals surface area contributed by atoms with Crippen molar-refractivity contribution in [3.05, 3.63) is 36.2 Å². The van der Waals surface area contributed by atoms with E-state index in [1.807, 2.05) is 42.2 Å². The number of aromatic nitrogens is 2. The van der Waals surface area contributed by atoms with Gasteiger partial charge in [0.15, 0.2) is 0 Å². The SMILES string of the molecule is CSCCNCc1cnc2ccccc2n1. The number of rotatable bonds is 5. The Labute approximate surface area is 99.7 Å². The number of benzene rings is 1. The van der Waals surface area contributed by atoms with Crippen LogP contribution in [-0.2, 0) is 6.54 Å². The molecule has 84 valence electrons. The van der Waals surface area contributed by atoms with Gasteiger partial charge in [-0.3, -0.25) is 4.98 Å². The van der Waals surface area contributed by atoms with E-state index in [4.69, 9.17) is 0 Å². The Kier molecular flexibility index (Phi) is 4.13. The Balaban J connectivity index is 2.02. The Hall–Kier alpha value is -1.13. The number of nitrogens with one attached hydrogen (secondary N) is 1. The molecule has 0 saturated heterocycles. The molecule has 2 aromatic rings. The lowest BCUT2D eigenvalue weighted by atomic mass is 10.3. The van der Waals surface area contributed by atoms with E-state index in [0.29, 0.717) is 0 Å². The third-order valence-corrected chi connectivity index (χ3v) is 2.90. The molecule has 4 heteroatoms. The van der Waals surface area contributed by atoms with Crippen LogP contribution in [0.1, 0.15) is 5.69 Å². The monoisotopic (exact) mass is 233 g/mol. The van der Waals surface area contributed by atoms with Gasteiger partial charge in [-0.15, -0.1) is 0 Å². The second-order valence-corrected chi connectivity index (χ2v) is 4.51. The van der Waals surface area contributed by atoms with Gasteiger partial charge in [-0.05, 0) is 18.4 Å². The molecule has 2 rings (SSSR count). The van der Waals surface area contributed by atoms with Crippen molar-refractivity contribution in [1.82, 2.24) is 15.3 Å². The maximum Gasteiger partial charge on any atom is 0.0890 e. The molecule has 0 aliphatic heterocycles. The van der Waals surface area contributed by atoms with Crippen LogP contribution in [0, 0.1) is 0 Å². The summed E-state index contributed by atoms with van der Waals surface area (Å²) < 4.78 is 0. The average Bonchev–Trinajstić information content (AvgIpc) is 2.34. The molecule has 0 unspecified atom stereocenters. The van der Waals surface area contributed by atoms with Crippen LogP contribution in [0.2, 0.25) is 0 Å². The molecule has 0 radical (unpaired) electrons. The van der Waals surface area contributed by atoms with Crippen molar-refractivity contribution in [2.75, 3.05) is 18.6 Å². The van der Waals surface area contributed by atoms with Crippen LogP contribution in [0.3, 0.4) is 0 Å². The number of fused-ring (bicyclic) bond motifs is 1. The highest BCUT2D eigenvalue weighted by Gasteiger charge is 1.98. The van der Waals surface area contributed by atoms with Gasteiger partial charge >= 0.3 is 0 Å². The second-order valence-electron chi connectivity index (χ2n) is 3.52. The largest absolute Gasteiger partial charge is 0.310 e. The third-order valence-electron chi connectivity index (χ3n) is 2.29. The number of thioether (sulfide) groups is 1. The lowest BCUT2D eigenvalue weighted by molar-refractivity contribution is 0.715. The molecule has 16 heavy (non-hydrogen) atoms. The molecule has 0 fully saturated rings. The fraction of sp³-hybridized carbons (Fsp3) is 0.333. The van der Waals surface area contributed by atoms with Gasteiger partial charge in [0.2, 0.25) is 0 Å². The standard InChI is InChI=1S/C12H15N3S/c1-16-7-6-13-8-10-9-14-11-4-2-3-5-12(11)15-10/h2-5,9,13H,6-8H2,1H3. The van der Waals surface area contributed by atoms with Crippen LogP contribution in [0.25, 0.3) is 11.0 Å². The molecule has 1 aromatic carbocycles. The molecule has 0 amide bonds. The Morgan fingerprint density at radius 1 is 1.25 bits per heavy atom. The predicted octanol–water partition coefficient (Wildman–Crippen LogP) is 2.08. The molecule has 1 aromatic heterocycles. The fourth-order valence-electron chi connectivity index (χ4n) is 1.47. The van der Waals surface area contributed by atoms with Gasteiger partial charge in [-0.2, -0.15) is 11.8 Å². The first-order chi connectivity index (χ1) is 7.90. The lowest BCUT2D eigenvalue weighted by Crippen LogP contribution is -2.17. The number of hydrogen-bond donors (Lipinski definition) is 1. The van der Waals surface area contributed by atoms with Gasteiger partial charge in [0.25, 0.3) is 0 Å². The molecule has 1 N–H and O–H groups in total.